The lowest BCUT2D eigenvalue weighted by molar-refractivity contribution is 0.387. The molecule has 0 bridgehead atoms. The minimum absolute atomic E-state index is 0.141. The van der Waals surface area contributed by atoms with E-state index in [0.717, 1.165) is 37.1 Å². The van der Waals surface area contributed by atoms with Crippen LogP contribution in [0.15, 0.2) is 79.0 Å². The molecule has 6 rings (SSSR count). The van der Waals surface area contributed by atoms with Crippen molar-refractivity contribution < 1.29 is 8.42 Å². The number of rotatable bonds is 8. The fourth-order valence-electron chi connectivity index (χ4n) is 5.73. The third kappa shape index (κ3) is 5.01. The molecule has 0 saturated carbocycles. The number of benzene rings is 2. The van der Waals surface area contributed by atoms with E-state index in [4.69, 9.17) is 21.6 Å². The Morgan fingerprint density at radius 2 is 1.86 bits per heavy atom. The number of piperidine rings is 1. The van der Waals surface area contributed by atoms with Gasteiger partial charge in [0.2, 0.25) is 5.95 Å². The lowest BCUT2D eigenvalue weighted by atomic mass is 9.94. The van der Waals surface area contributed by atoms with Gasteiger partial charge in [0.1, 0.15) is 0 Å². The normalized spacial score (nSPS) is 18.3. The number of allylic oxidation sites excluding steroid dienone is 1. The fraction of sp³-hybridized carbons (Fsp3) is 0.300. The van der Waals surface area contributed by atoms with Crippen molar-refractivity contribution in [2.24, 2.45) is 0 Å². The third-order valence-corrected chi connectivity index (χ3v) is 9.95. The molecule has 12 heteroatoms. The lowest BCUT2D eigenvalue weighted by Crippen LogP contribution is -2.44. The van der Waals surface area contributed by atoms with E-state index in [9.17, 15) is 8.42 Å². The topological polar surface area (TPSA) is 108 Å². The molecule has 10 nitrogen and oxygen atoms in total. The maximum Gasteiger partial charge on any atom is 0.264 e. The van der Waals surface area contributed by atoms with Gasteiger partial charge in [0.05, 0.1) is 23.0 Å². The van der Waals surface area contributed by atoms with E-state index in [1.807, 2.05) is 41.0 Å². The molecule has 1 fully saturated rings. The summed E-state index contributed by atoms with van der Waals surface area (Å²) >= 11 is 6.29. The van der Waals surface area contributed by atoms with Crippen molar-refractivity contribution in [3.8, 4) is 0 Å². The standard InChI is InChI=1S/C30H33ClN8O2S/c1-4-14-32-28-27-29(39(15-5-2)19-33-27)36-30(35-28)38-16-12-21(13-17-38)34-26-22-8-6-7-9-24(22)37(3)42(40,41)25-18-20(31)10-11-23(25)26/h4-11,18-19,21,26,34H,1-2,12-17H2,3H3,(H,32,35,36)/t26-/m0/s1. The minimum atomic E-state index is -3.78. The van der Waals surface area contributed by atoms with Gasteiger partial charge in [0, 0.05) is 44.3 Å². The van der Waals surface area contributed by atoms with Crippen molar-refractivity contribution in [1.29, 1.82) is 0 Å². The number of sulfonamides is 1. The summed E-state index contributed by atoms with van der Waals surface area (Å²) in [4.78, 5) is 16.7. The Hall–Kier alpha value is -3.93. The van der Waals surface area contributed by atoms with Crippen molar-refractivity contribution in [2.75, 3.05) is 41.2 Å². The number of halogens is 1. The summed E-state index contributed by atoms with van der Waals surface area (Å²) in [5.41, 5.74) is 3.72. The van der Waals surface area contributed by atoms with E-state index in [1.165, 1.54) is 4.31 Å². The molecule has 0 amide bonds. The zero-order valence-corrected chi connectivity index (χ0v) is 24.9. The second-order valence-corrected chi connectivity index (χ2v) is 12.8. The minimum Gasteiger partial charge on any atom is -0.365 e. The van der Waals surface area contributed by atoms with Crippen LogP contribution in [0.5, 0.6) is 0 Å². The van der Waals surface area contributed by atoms with Crippen LogP contribution in [-0.4, -0.2) is 60.7 Å². The highest BCUT2D eigenvalue weighted by atomic mass is 35.5. The summed E-state index contributed by atoms with van der Waals surface area (Å²) in [6.45, 7) is 10.3. The van der Waals surface area contributed by atoms with Crippen LogP contribution in [-0.2, 0) is 16.6 Å². The van der Waals surface area contributed by atoms with Gasteiger partial charge in [-0.15, -0.1) is 13.2 Å². The molecule has 0 aliphatic carbocycles. The van der Waals surface area contributed by atoms with E-state index < -0.39 is 10.0 Å². The third-order valence-electron chi connectivity index (χ3n) is 7.88. The Morgan fingerprint density at radius 1 is 1.07 bits per heavy atom. The average Bonchev–Trinajstić information content (AvgIpc) is 3.39. The summed E-state index contributed by atoms with van der Waals surface area (Å²) in [5, 5.41) is 7.49. The Morgan fingerprint density at radius 3 is 2.62 bits per heavy atom. The van der Waals surface area contributed by atoms with Gasteiger partial charge in [-0.25, -0.2) is 13.4 Å². The summed E-state index contributed by atoms with van der Waals surface area (Å²) in [6, 6.07) is 12.6. The Bertz CT molecular complexity index is 1760. The molecule has 0 unspecified atom stereocenters. The van der Waals surface area contributed by atoms with Crippen molar-refractivity contribution in [3.63, 3.8) is 0 Å². The van der Waals surface area contributed by atoms with Crippen LogP contribution < -0.4 is 19.8 Å². The van der Waals surface area contributed by atoms with Crippen molar-refractivity contribution >= 4 is 50.2 Å². The van der Waals surface area contributed by atoms with Crippen LogP contribution in [0, 0.1) is 0 Å². The molecule has 1 saturated heterocycles. The number of fused-ring (bicyclic) bond motifs is 3. The predicted octanol–water partition coefficient (Wildman–Crippen LogP) is 4.75. The zero-order chi connectivity index (χ0) is 29.4. The molecule has 4 aromatic rings. The van der Waals surface area contributed by atoms with E-state index in [1.54, 1.807) is 31.6 Å². The molecule has 2 aliphatic rings. The highest BCUT2D eigenvalue weighted by molar-refractivity contribution is 7.92. The molecule has 218 valence electrons. The number of aromatic nitrogens is 4. The number of para-hydroxylation sites is 1. The van der Waals surface area contributed by atoms with Crippen LogP contribution in [0.25, 0.3) is 11.2 Å². The van der Waals surface area contributed by atoms with Gasteiger partial charge < -0.3 is 20.1 Å². The van der Waals surface area contributed by atoms with Crippen LogP contribution in [0.1, 0.15) is 30.0 Å². The molecule has 2 aliphatic heterocycles. The van der Waals surface area contributed by atoms with Crippen LogP contribution >= 0.6 is 11.6 Å². The zero-order valence-electron chi connectivity index (χ0n) is 23.4. The highest BCUT2D eigenvalue weighted by Crippen LogP contribution is 2.41. The monoisotopic (exact) mass is 604 g/mol. The maximum absolute atomic E-state index is 13.6. The Labute approximate surface area is 250 Å². The number of nitrogens with zero attached hydrogens (tertiary/aromatic N) is 6. The van der Waals surface area contributed by atoms with Gasteiger partial charge in [-0.1, -0.05) is 48.0 Å². The van der Waals surface area contributed by atoms with Crippen molar-refractivity contribution in [1.82, 2.24) is 24.8 Å². The first-order valence-corrected chi connectivity index (χ1v) is 15.7. The fourth-order valence-corrected chi connectivity index (χ4v) is 7.45. The molecular weight excluding hydrogens is 572 g/mol. The van der Waals surface area contributed by atoms with E-state index >= 15 is 0 Å². The van der Waals surface area contributed by atoms with Crippen molar-refractivity contribution in [3.05, 3.63) is 90.3 Å². The maximum atomic E-state index is 13.6. The molecule has 2 aromatic heterocycles. The first-order valence-electron chi connectivity index (χ1n) is 13.9. The lowest BCUT2D eigenvalue weighted by Gasteiger charge is -2.35. The van der Waals surface area contributed by atoms with Gasteiger partial charge in [0.25, 0.3) is 10.0 Å². The van der Waals surface area contributed by atoms with Gasteiger partial charge >= 0.3 is 0 Å². The Balaban J connectivity index is 1.28. The number of hydrogen-bond donors (Lipinski definition) is 2. The molecular formula is C30H33ClN8O2S. The van der Waals surface area contributed by atoms with Crippen LogP contribution in [0.3, 0.4) is 0 Å². The van der Waals surface area contributed by atoms with E-state index in [-0.39, 0.29) is 17.0 Å². The Kier molecular flexibility index (Phi) is 7.65. The predicted molar refractivity (Wildman–Crippen MR) is 168 cm³/mol. The summed E-state index contributed by atoms with van der Waals surface area (Å²) in [5.74, 6) is 1.32. The summed E-state index contributed by atoms with van der Waals surface area (Å²) in [6.07, 6.45) is 7.01. The molecule has 42 heavy (non-hydrogen) atoms. The molecule has 2 aromatic carbocycles. The number of nitrogens with one attached hydrogen (secondary N) is 2. The number of anilines is 3. The van der Waals surface area contributed by atoms with Crippen molar-refractivity contribution in [2.45, 2.75) is 36.4 Å². The molecule has 4 heterocycles. The van der Waals surface area contributed by atoms with Gasteiger partial charge in [-0.2, -0.15) is 9.97 Å². The highest BCUT2D eigenvalue weighted by Gasteiger charge is 2.36. The largest absolute Gasteiger partial charge is 0.365 e. The second-order valence-electron chi connectivity index (χ2n) is 10.5. The molecule has 2 N–H and O–H groups in total. The first kappa shape index (κ1) is 28.2. The van der Waals surface area contributed by atoms with E-state index in [2.05, 4.69) is 33.7 Å². The second kappa shape index (κ2) is 11.4. The van der Waals surface area contributed by atoms with Crippen LogP contribution in [0.2, 0.25) is 5.02 Å². The summed E-state index contributed by atoms with van der Waals surface area (Å²) in [7, 11) is -2.19. The van der Waals surface area contributed by atoms with Gasteiger partial charge in [-0.05, 0) is 42.2 Å². The first-order chi connectivity index (χ1) is 20.3. The smallest absolute Gasteiger partial charge is 0.264 e. The quantitative estimate of drug-likeness (QED) is 0.278. The van der Waals surface area contributed by atoms with Gasteiger partial charge in [-0.3, -0.25) is 4.31 Å². The SMILES string of the molecule is C=CCNc1nc(N2CCC(N[C@H]3c4ccccc4N(C)S(=O)(=O)c4cc(Cl)ccc43)CC2)nc2c1ncn2CC=C. The summed E-state index contributed by atoms with van der Waals surface area (Å²) < 4.78 is 30.5. The average molecular weight is 605 g/mol. The number of imidazole rings is 1. The number of hydrogen-bond acceptors (Lipinski definition) is 8. The van der Waals surface area contributed by atoms with Gasteiger partial charge in [0.15, 0.2) is 17.0 Å². The molecule has 0 spiro atoms. The molecule has 0 radical (unpaired) electrons. The van der Waals surface area contributed by atoms with E-state index in [0.29, 0.717) is 46.6 Å². The van der Waals surface area contributed by atoms with Crippen LogP contribution in [0.4, 0.5) is 17.5 Å². The molecule has 1 atom stereocenters.